The molecule has 2 heteroatoms. The number of fused-ring (bicyclic) bond motifs is 5. The van der Waals surface area contributed by atoms with E-state index in [1.54, 1.807) is 0 Å². The first-order valence-electron chi connectivity index (χ1n) is 12.3. The lowest BCUT2D eigenvalue weighted by Crippen LogP contribution is -3.00. The summed E-state index contributed by atoms with van der Waals surface area (Å²) in [6.07, 6.45) is 14.8. The predicted molar refractivity (Wildman–Crippen MR) is 116 cm³/mol. The van der Waals surface area contributed by atoms with Crippen molar-refractivity contribution < 1.29 is 28.6 Å². The van der Waals surface area contributed by atoms with E-state index in [2.05, 4.69) is 46.2 Å². The molecule has 7 atom stereocenters. The Morgan fingerprint density at radius 3 is 2.43 bits per heavy atom. The number of hydrogen-bond donors (Lipinski definition) is 0. The van der Waals surface area contributed by atoms with E-state index < -0.39 is 0 Å². The molecule has 0 aromatic rings. The maximum atomic E-state index is 2.73. The summed E-state index contributed by atoms with van der Waals surface area (Å²) in [7, 11) is 2.36. The maximum Gasteiger partial charge on any atom is 0.158 e. The van der Waals surface area contributed by atoms with E-state index in [0.717, 1.165) is 35.5 Å². The standard InChI is InChI=1S/C26H46N.HI/c1-18(2)8-7-9-19(3)21-11-12-22-20-10-13-24-26(5,16-17-27(24)6)23(20)14-15-25(21,22)4;/h18-23H,7-17H2,1-6H3;1H/q+1;/p-1/t19-,20+,21-,22+,23+,25-,26-;/m1./s1. The summed E-state index contributed by atoms with van der Waals surface area (Å²) in [5, 5.41) is 0. The molecule has 0 unspecified atom stereocenters. The SMILES string of the molecule is CC(C)CCC[C@@H](C)[C@H]1CC[C@H]2[C@@H]3CCC4=[N+](C)CC[C@]4(C)[C@H]3CC[C@]12C.[I-]. The number of halogens is 1. The second-order valence-electron chi connectivity index (χ2n) is 12.0. The highest BCUT2D eigenvalue weighted by Gasteiger charge is 2.62. The van der Waals surface area contributed by atoms with Crippen LogP contribution in [-0.4, -0.2) is 23.9 Å². The summed E-state index contributed by atoms with van der Waals surface area (Å²) in [6.45, 7) is 14.1. The van der Waals surface area contributed by atoms with Gasteiger partial charge in [-0.25, -0.2) is 4.58 Å². The van der Waals surface area contributed by atoms with Gasteiger partial charge < -0.3 is 24.0 Å². The fraction of sp³-hybridized carbons (Fsp3) is 0.962. The molecule has 3 aliphatic carbocycles. The van der Waals surface area contributed by atoms with Gasteiger partial charge in [-0.15, -0.1) is 0 Å². The molecule has 4 aliphatic rings. The van der Waals surface area contributed by atoms with Crippen LogP contribution in [0.4, 0.5) is 0 Å². The molecule has 0 spiro atoms. The van der Waals surface area contributed by atoms with Crippen molar-refractivity contribution in [1.82, 2.24) is 0 Å². The Labute approximate surface area is 192 Å². The molecule has 0 saturated heterocycles. The topological polar surface area (TPSA) is 3.01 Å². The maximum absolute atomic E-state index is 2.73. The van der Waals surface area contributed by atoms with Crippen LogP contribution >= 0.6 is 0 Å². The average Bonchev–Trinajstić information content (AvgIpc) is 3.11. The van der Waals surface area contributed by atoms with Gasteiger partial charge in [0, 0.05) is 12.8 Å². The van der Waals surface area contributed by atoms with Crippen molar-refractivity contribution in [3.8, 4) is 0 Å². The van der Waals surface area contributed by atoms with E-state index in [0.29, 0.717) is 10.8 Å². The van der Waals surface area contributed by atoms with Gasteiger partial charge in [0.05, 0.1) is 5.41 Å². The molecule has 28 heavy (non-hydrogen) atoms. The van der Waals surface area contributed by atoms with Crippen LogP contribution in [0.1, 0.15) is 98.8 Å². The fourth-order valence-corrected chi connectivity index (χ4v) is 8.80. The van der Waals surface area contributed by atoms with Crippen molar-refractivity contribution in [2.24, 2.45) is 46.3 Å². The Bertz CT molecular complexity index is 595. The second-order valence-corrected chi connectivity index (χ2v) is 12.0. The lowest BCUT2D eigenvalue weighted by molar-refractivity contribution is -0.490. The first-order valence-corrected chi connectivity index (χ1v) is 12.3. The number of nitrogens with zero attached hydrogens (tertiary/aromatic N) is 1. The Morgan fingerprint density at radius 2 is 1.71 bits per heavy atom. The van der Waals surface area contributed by atoms with Crippen LogP contribution in [0.2, 0.25) is 0 Å². The molecule has 0 amide bonds. The second kappa shape index (κ2) is 8.50. The van der Waals surface area contributed by atoms with E-state index in [1.165, 1.54) is 70.8 Å². The Hall–Kier alpha value is 0.400. The van der Waals surface area contributed by atoms with E-state index >= 15 is 0 Å². The lowest BCUT2D eigenvalue weighted by Gasteiger charge is -2.55. The van der Waals surface area contributed by atoms with E-state index in [9.17, 15) is 0 Å². The Kier molecular flexibility index (Phi) is 7.00. The van der Waals surface area contributed by atoms with Crippen molar-refractivity contribution >= 4 is 5.71 Å². The molecule has 0 bridgehead atoms. The third-order valence-electron chi connectivity index (χ3n) is 10.3. The molecule has 0 aromatic carbocycles. The van der Waals surface area contributed by atoms with Gasteiger partial charge in [0.2, 0.25) is 0 Å². The zero-order valence-electron chi connectivity index (χ0n) is 19.6. The van der Waals surface area contributed by atoms with E-state index in [4.69, 9.17) is 0 Å². The molecular formula is C26H46IN. The molecule has 3 saturated carbocycles. The minimum atomic E-state index is 0. The molecule has 1 aliphatic heterocycles. The van der Waals surface area contributed by atoms with Crippen LogP contribution in [0.25, 0.3) is 0 Å². The van der Waals surface area contributed by atoms with E-state index in [-0.39, 0.29) is 24.0 Å². The Balaban J connectivity index is 0.00000225. The quantitative estimate of drug-likeness (QED) is 0.400. The molecule has 0 N–H and O–H groups in total. The third-order valence-corrected chi connectivity index (χ3v) is 10.3. The summed E-state index contributed by atoms with van der Waals surface area (Å²) < 4.78 is 2.62. The molecule has 0 aromatic heterocycles. The van der Waals surface area contributed by atoms with Crippen molar-refractivity contribution in [2.45, 2.75) is 98.8 Å². The van der Waals surface area contributed by atoms with Gasteiger partial charge in [-0.2, -0.15) is 0 Å². The van der Waals surface area contributed by atoms with Crippen LogP contribution in [-0.2, 0) is 0 Å². The summed E-state index contributed by atoms with van der Waals surface area (Å²) >= 11 is 0. The summed E-state index contributed by atoms with van der Waals surface area (Å²) in [4.78, 5) is 0. The van der Waals surface area contributed by atoms with E-state index in [1.807, 2.05) is 5.71 Å². The normalized spacial score (nSPS) is 43.4. The van der Waals surface area contributed by atoms with Gasteiger partial charge in [-0.1, -0.05) is 47.0 Å². The highest BCUT2D eigenvalue weighted by molar-refractivity contribution is 5.87. The van der Waals surface area contributed by atoms with Crippen molar-refractivity contribution in [2.75, 3.05) is 13.6 Å². The summed E-state index contributed by atoms with van der Waals surface area (Å²) in [5.74, 6) is 5.85. The van der Waals surface area contributed by atoms with Crippen molar-refractivity contribution in [3.05, 3.63) is 0 Å². The number of hydrogen-bond acceptors (Lipinski definition) is 0. The van der Waals surface area contributed by atoms with Gasteiger partial charge >= 0.3 is 0 Å². The van der Waals surface area contributed by atoms with Crippen LogP contribution in [0, 0.1) is 46.3 Å². The molecule has 162 valence electrons. The lowest BCUT2D eigenvalue weighted by atomic mass is 9.48. The first kappa shape index (κ1) is 23.1. The third kappa shape index (κ3) is 3.64. The van der Waals surface area contributed by atoms with Gasteiger partial charge in [-0.05, 0) is 80.0 Å². The number of rotatable bonds is 5. The highest BCUT2D eigenvalue weighted by Crippen LogP contribution is 2.66. The zero-order valence-corrected chi connectivity index (χ0v) is 21.7. The van der Waals surface area contributed by atoms with Gasteiger partial charge in [0.1, 0.15) is 13.6 Å². The molecule has 1 heterocycles. The summed E-state index contributed by atoms with van der Waals surface area (Å²) in [6, 6.07) is 0. The fourth-order valence-electron chi connectivity index (χ4n) is 8.80. The van der Waals surface area contributed by atoms with Crippen LogP contribution in [0.3, 0.4) is 0 Å². The van der Waals surface area contributed by atoms with Crippen LogP contribution in [0.5, 0.6) is 0 Å². The highest BCUT2D eigenvalue weighted by atomic mass is 127. The average molecular weight is 500 g/mol. The van der Waals surface area contributed by atoms with Gasteiger partial charge in [-0.3, -0.25) is 0 Å². The summed E-state index contributed by atoms with van der Waals surface area (Å²) in [5.41, 5.74) is 3.01. The van der Waals surface area contributed by atoms with Crippen molar-refractivity contribution in [3.63, 3.8) is 0 Å². The van der Waals surface area contributed by atoms with Crippen molar-refractivity contribution in [1.29, 1.82) is 0 Å². The van der Waals surface area contributed by atoms with Crippen LogP contribution < -0.4 is 24.0 Å². The molecule has 1 nitrogen and oxygen atoms in total. The first-order chi connectivity index (χ1) is 12.8. The molecule has 4 rings (SSSR count). The monoisotopic (exact) mass is 499 g/mol. The molecular weight excluding hydrogens is 453 g/mol. The molecule has 0 radical (unpaired) electrons. The Morgan fingerprint density at radius 1 is 0.964 bits per heavy atom. The van der Waals surface area contributed by atoms with Crippen LogP contribution in [0.15, 0.2) is 0 Å². The largest absolute Gasteiger partial charge is 1.00 e. The molecule has 3 fully saturated rings. The zero-order chi connectivity index (χ0) is 19.4. The van der Waals surface area contributed by atoms with Gasteiger partial charge in [0.15, 0.2) is 5.71 Å². The smallest absolute Gasteiger partial charge is 0.158 e. The predicted octanol–water partition coefficient (Wildman–Crippen LogP) is 3.80. The minimum absolute atomic E-state index is 0. The minimum Gasteiger partial charge on any atom is -1.00 e. The van der Waals surface area contributed by atoms with Gasteiger partial charge in [0.25, 0.3) is 0 Å².